The molecule has 1 aliphatic heterocycles. The largest absolute Gasteiger partial charge is 0.372 e. The first-order valence-electron chi connectivity index (χ1n) is 9.54. The number of hydrogen-bond donors (Lipinski definition) is 1. The van der Waals surface area contributed by atoms with Crippen molar-refractivity contribution in [1.29, 1.82) is 0 Å². The van der Waals surface area contributed by atoms with Crippen LogP contribution in [0.5, 0.6) is 0 Å². The summed E-state index contributed by atoms with van der Waals surface area (Å²) < 4.78 is 27.3. The van der Waals surface area contributed by atoms with Crippen LogP contribution in [0.2, 0.25) is 0 Å². The Labute approximate surface area is 165 Å². The van der Waals surface area contributed by atoms with E-state index >= 15 is 0 Å². The van der Waals surface area contributed by atoms with Gasteiger partial charge >= 0.3 is 0 Å². The molecule has 150 valence electrons. The van der Waals surface area contributed by atoms with Crippen LogP contribution >= 0.6 is 0 Å². The third-order valence-electron chi connectivity index (χ3n) is 4.96. The van der Waals surface area contributed by atoms with Gasteiger partial charge in [-0.1, -0.05) is 37.1 Å². The minimum absolute atomic E-state index is 0.178. The van der Waals surface area contributed by atoms with Gasteiger partial charge in [-0.3, -0.25) is 10.1 Å². The summed E-state index contributed by atoms with van der Waals surface area (Å²) in [6.45, 7) is 2.33. The van der Waals surface area contributed by atoms with Crippen molar-refractivity contribution in [2.45, 2.75) is 37.0 Å². The predicted molar refractivity (Wildman–Crippen MR) is 109 cm³/mol. The molecule has 1 fully saturated rings. The number of nitrogens with zero attached hydrogens (tertiary/aromatic N) is 2. The van der Waals surface area contributed by atoms with E-state index in [-0.39, 0.29) is 11.4 Å². The molecule has 0 bridgehead atoms. The van der Waals surface area contributed by atoms with Crippen LogP contribution in [0.1, 0.15) is 31.2 Å². The minimum atomic E-state index is -3.94. The highest BCUT2D eigenvalue weighted by molar-refractivity contribution is 7.89. The van der Waals surface area contributed by atoms with Crippen LogP contribution in [0, 0.1) is 10.1 Å². The van der Waals surface area contributed by atoms with Crippen molar-refractivity contribution in [2.24, 2.45) is 0 Å². The van der Waals surface area contributed by atoms with Gasteiger partial charge in [0.2, 0.25) is 10.0 Å². The van der Waals surface area contributed by atoms with Crippen molar-refractivity contribution >= 4 is 21.4 Å². The highest BCUT2D eigenvalue weighted by atomic mass is 32.2. The van der Waals surface area contributed by atoms with Crippen molar-refractivity contribution in [3.63, 3.8) is 0 Å². The van der Waals surface area contributed by atoms with Gasteiger partial charge in [-0.25, -0.2) is 13.1 Å². The molecule has 2 aromatic carbocycles. The van der Waals surface area contributed by atoms with Crippen molar-refractivity contribution < 1.29 is 13.3 Å². The summed E-state index contributed by atoms with van der Waals surface area (Å²) in [7, 11) is -3.94. The van der Waals surface area contributed by atoms with Crippen LogP contribution in [0.4, 0.5) is 11.4 Å². The Bertz CT molecular complexity index is 905. The third-order valence-corrected chi connectivity index (χ3v) is 6.47. The summed E-state index contributed by atoms with van der Waals surface area (Å²) in [4.78, 5) is 12.5. The van der Waals surface area contributed by atoms with E-state index in [4.69, 9.17) is 0 Å². The molecule has 2 aromatic rings. The normalized spacial score (nSPS) is 15.2. The number of benzene rings is 2. The van der Waals surface area contributed by atoms with E-state index in [1.165, 1.54) is 55.6 Å². The number of para-hydroxylation sites is 1. The molecule has 0 aromatic heterocycles. The molecular weight excluding hydrogens is 378 g/mol. The first-order valence-corrected chi connectivity index (χ1v) is 11.0. The van der Waals surface area contributed by atoms with Gasteiger partial charge in [0, 0.05) is 31.4 Å². The lowest BCUT2D eigenvalue weighted by Crippen LogP contribution is -2.26. The molecule has 0 amide bonds. The number of nitro groups is 1. The quantitative estimate of drug-likeness (QED) is 0.564. The molecule has 8 heteroatoms. The van der Waals surface area contributed by atoms with Crippen LogP contribution in [0.25, 0.3) is 0 Å². The highest BCUT2D eigenvalue weighted by Crippen LogP contribution is 2.23. The third kappa shape index (κ3) is 5.08. The monoisotopic (exact) mass is 403 g/mol. The molecule has 0 unspecified atom stereocenters. The number of rotatable bonds is 7. The molecule has 1 saturated heterocycles. The molecule has 0 aliphatic carbocycles. The maximum atomic E-state index is 12.4. The Balaban J connectivity index is 1.59. The topological polar surface area (TPSA) is 92.5 Å². The second-order valence-electron chi connectivity index (χ2n) is 6.94. The smallest absolute Gasteiger partial charge is 0.289 e. The Morgan fingerprint density at radius 2 is 1.61 bits per heavy atom. The summed E-state index contributed by atoms with van der Waals surface area (Å²) >= 11 is 0. The molecule has 0 spiro atoms. The predicted octanol–water partition coefficient (Wildman–Crippen LogP) is 3.50. The Morgan fingerprint density at radius 1 is 0.964 bits per heavy atom. The van der Waals surface area contributed by atoms with Crippen LogP contribution in [0.15, 0.2) is 53.4 Å². The SMILES string of the molecule is O=[N+]([O-])c1ccccc1S(=O)(=O)NCCc1ccc(N2CCCCCC2)cc1. The van der Waals surface area contributed by atoms with Gasteiger partial charge in [-0.15, -0.1) is 0 Å². The van der Waals surface area contributed by atoms with Gasteiger partial charge in [0.05, 0.1) is 4.92 Å². The fourth-order valence-electron chi connectivity index (χ4n) is 3.45. The standard InChI is InChI=1S/C20H25N3O4S/c24-23(25)19-7-3-4-8-20(19)28(26,27)21-14-13-17-9-11-18(12-10-17)22-15-5-1-2-6-16-22/h3-4,7-12,21H,1-2,5-6,13-16H2. The van der Waals surface area contributed by atoms with Crippen LogP contribution in [-0.2, 0) is 16.4 Å². The molecule has 3 rings (SSSR count). The zero-order valence-corrected chi connectivity index (χ0v) is 16.5. The lowest BCUT2D eigenvalue weighted by atomic mass is 10.1. The average molecular weight is 404 g/mol. The van der Waals surface area contributed by atoms with Gasteiger partial charge in [0.25, 0.3) is 5.69 Å². The van der Waals surface area contributed by atoms with Gasteiger partial charge in [-0.05, 0) is 43.0 Å². The second kappa shape index (κ2) is 9.16. The maximum Gasteiger partial charge on any atom is 0.289 e. The van der Waals surface area contributed by atoms with Gasteiger partial charge in [-0.2, -0.15) is 0 Å². The van der Waals surface area contributed by atoms with E-state index in [0.717, 1.165) is 18.7 Å². The van der Waals surface area contributed by atoms with E-state index in [9.17, 15) is 18.5 Å². The summed E-state index contributed by atoms with van der Waals surface area (Å²) in [5.74, 6) is 0. The summed E-state index contributed by atoms with van der Waals surface area (Å²) in [5.41, 5.74) is 1.80. The summed E-state index contributed by atoms with van der Waals surface area (Å²) in [5, 5.41) is 11.1. The molecular formula is C20H25N3O4S. The fourth-order valence-corrected chi connectivity index (χ4v) is 4.65. The lowest BCUT2D eigenvalue weighted by molar-refractivity contribution is -0.387. The second-order valence-corrected chi connectivity index (χ2v) is 8.68. The Morgan fingerprint density at radius 3 is 2.25 bits per heavy atom. The highest BCUT2D eigenvalue weighted by Gasteiger charge is 2.24. The molecule has 0 radical (unpaired) electrons. The van der Waals surface area contributed by atoms with Crippen LogP contribution in [-0.4, -0.2) is 33.0 Å². The Kier molecular flexibility index (Phi) is 6.64. The van der Waals surface area contributed by atoms with E-state index in [1.807, 2.05) is 12.1 Å². The first kappa shape index (κ1) is 20.3. The van der Waals surface area contributed by atoms with Crippen LogP contribution < -0.4 is 9.62 Å². The van der Waals surface area contributed by atoms with Gasteiger partial charge < -0.3 is 4.90 Å². The summed E-state index contributed by atoms with van der Waals surface area (Å²) in [6.07, 6.45) is 5.52. The number of anilines is 1. The average Bonchev–Trinajstić information content (AvgIpc) is 2.98. The zero-order chi connectivity index (χ0) is 20.0. The van der Waals surface area contributed by atoms with Crippen molar-refractivity contribution in [1.82, 2.24) is 4.72 Å². The molecule has 0 atom stereocenters. The molecule has 0 saturated carbocycles. The molecule has 1 N–H and O–H groups in total. The number of hydrogen-bond acceptors (Lipinski definition) is 5. The zero-order valence-electron chi connectivity index (χ0n) is 15.7. The van der Waals surface area contributed by atoms with E-state index in [1.54, 1.807) is 0 Å². The lowest BCUT2D eigenvalue weighted by Gasteiger charge is -2.22. The van der Waals surface area contributed by atoms with Gasteiger partial charge in [0.1, 0.15) is 0 Å². The van der Waals surface area contributed by atoms with E-state index in [0.29, 0.717) is 6.42 Å². The van der Waals surface area contributed by atoms with Crippen LogP contribution in [0.3, 0.4) is 0 Å². The van der Waals surface area contributed by atoms with E-state index in [2.05, 4.69) is 21.8 Å². The van der Waals surface area contributed by atoms with Crippen molar-refractivity contribution in [2.75, 3.05) is 24.5 Å². The number of nitrogens with one attached hydrogen (secondary N) is 1. The fraction of sp³-hybridized carbons (Fsp3) is 0.400. The summed E-state index contributed by atoms with van der Waals surface area (Å²) in [6, 6.07) is 13.5. The van der Waals surface area contributed by atoms with Crippen molar-refractivity contribution in [3.8, 4) is 0 Å². The number of nitro benzene ring substituents is 1. The number of sulfonamides is 1. The van der Waals surface area contributed by atoms with Gasteiger partial charge in [0.15, 0.2) is 4.90 Å². The molecule has 1 heterocycles. The molecule has 28 heavy (non-hydrogen) atoms. The Hall–Kier alpha value is -2.45. The minimum Gasteiger partial charge on any atom is -0.372 e. The molecule has 7 nitrogen and oxygen atoms in total. The maximum absolute atomic E-state index is 12.4. The van der Waals surface area contributed by atoms with E-state index < -0.39 is 20.6 Å². The first-order chi connectivity index (χ1) is 13.5. The van der Waals surface area contributed by atoms with Crippen molar-refractivity contribution in [3.05, 3.63) is 64.2 Å². The molecule has 1 aliphatic rings.